The first-order valence-electron chi connectivity index (χ1n) is 7.90. The van der Waals surface area contributed by atoms with Crippen LogP contribution in [0, 0.1) is 5.92 Å². The Kier molecular flexibility index (Phi) is 4.69. The second kappa shape index (κ2) is 6.49. The molecule has 0 bridgehead atoms. The quantitative estimate of drug-likeness (QED) is 0.863. The Hall–Kier alpha value is -0.220. The lowest BCUT2D eigenvalue weighted by atomic mass is 9.87. The lowest BCUT2D eigenvalue weighted by molar-refractivity contribution is 0.0555. The van der Waals surface area contributed by atoms with E-state index >= 15 is 0 Å². The highest BCUT2D eigenvalue weighted by Gasteiger charge is 2.38. The minimum Gasteiger partial charge on any atom is -0.381 e. The van der Waals surface area contributed by atoms with Gasteiger partial charge in [-0.25, -0.2) is 0 Å². The molecule has 1 spiro atoms. The molecular weight excluding hydrogens is 256 g/mol. The van der Waals surface area contributed by atoms with Crippen molar-refractivity contribution in [3.63, 3.8) is 0 Å². The van der Waals surface area contributed by atoms with Crippen molar-refractivity contribution in [1.29, 1.82) is 0 Å². The molecule has 2 aliphatic heterocycles. The van der Waals surface area contributed by atoms with Crippen LogP contribution in [-0.4, -0.2) is 36.2 Å². The highest BCUT2D eigenvalue weighted by atomic mass is 32.2. The van der Waals surface area contributed by atoms with Crippen molar-refractivity contribution in [2.45, 2.75) is 56.9 Å². The van der Waals surface area contributed by atoms with Crippen molar-refractivity contribution < 1.29 is 4.74 Å². The number of ether oxygens (including phenoxy) is 1. The normalized spacial score (nSPS) is 29.8. The SMILES string of the molecule is C1CCC(CCN=C2NC3(CCOCC3)CS2)CC1. The van der Waals surface area contributed by atoms with Gasteiger partial charge in [-0.1, -0.05) is 43.9 Å². The molecule has 3 aliphatic rings. The van der Waals surface area contributed by atoms with Gasteiger partial charge in [-0.05, 0) is 25.2 Å². The standard InChI is InChI=1S/C15H26N2OS/c1-2-4-13(5-3-1)6-9-16-14-17-15(12-19-14)7-10-18-11-8-15/h13H,1-12H2,(H,16,17). The van der Waals surface area contributed by atoms with Crippen molar-refractivity contribution in [3.05, 3.63) is 0 Å². The molecule has 0 unspecified atom stereocenters. The first kappa shape index (κ1) is 13.7. The summed E-state index contributed by atoms with van der Waals surface area (Å²) in [5, 5.41) is 4.87. The van der Waals surface area contributed by atoms with Crippen LogP contribution < -0.4 is 5.32 Å². The Balaban J connectivity index is 1.43. The first-order chi connectivity index (χ1) is 9.36. The Labute approximate surface area is 121 Å². The van der Waals surface area contributed by atoms with Crippen molar-refractivity contribution >= 4 is 16.9 Å². The molecule has 0 amide bonds. The largest absolute Gasteiger partial charge is 0.381 e. The van der Waals surface area contributed by atoms with E-state index in [1.165, 1.54) is 49.4 Å². The van der Waals surface area contributed by atoms with Crippen LogP contribution in [-0.2, 0) is 4.74 Å². The molecule has 1 aliphatic carbocycles. The highest BCUT2D eigenvalue weighted by molar-refractivity contribution is 8.14. The maximum Gasteiger partial charge on any atom is 0.157 e. The van der Waals surface area contributed by atoms with Gasteiger partial charge in [0.1, 0.15) is 0 Å². The van der Waals surface area contributed by atoms with Gasteiger partial charge in [-0.15, -0.1) is 0 Å². The summed E-state index contributed by atoms with van der Waals surface area (Å²) < 4.78 is 5.46. The third kappa shape index (κ3) is 3.66. The van der Waals surface area contributed by atoms with Gasteiger partial charge in [0.2, 0.25) is 0 Å². The number of rotatable bonds is 3. The molecule has 2 saturated heterocycles. The second-order valence-corrected chi connectivity index (χ2v) is 7.25. The van der Waals surface area contributed by atoms with Crippen LogP contribution in [0.1, 0.15) is 51.4 Å². The van der Waals surface area contributed by atoms with Crippen molar-refractivity contribution in [2.75, 3.05) is 25.5 Å². The van der Waals surface area contributed by atoms with E-state index in [0.717, 1.165) is 38.5 Å². The third-order valence-electron chi connectivity index (χ3n) is 4.82. The van der Waals surface area contributed by atoms with E-state index in [1.54, 1.807) is 0 Å². The first-order valence-corrected chi connectivity index (χ1v) is 8.88. The van der Waals surface area contributed by atoms with E-state index in [1.807, 2.05) is 11.8 Å². The number of amidine groups is 1. The average Bonchev–Trinajstić information content (AvgIpc) is 2.84. The van der Waals surface area contributed by atoms with Gasteiger partial charge >= 0.3 is 0 Å². The summed E-state index contributed by atoms with van der Waals surface area (Å²) >= 11 is 1.92. The van der Waals surface area contributed by atoms with Crippen molar-refractivity contribution in [2.24, 2.45) is 10.9 Å². The predicted octanol–water partition coefficient (Wildman–Crippen LogP) is 3.20. The van der Waals surface area contributed by atoms with E-state index in [4.69, 9.17) is 9.73 Å². The van der Waals surface area contributed by atoms with Crippen LogP contribution >= 0.6 is 11.8 Å². The van der Waals surface area contributed by atoms with E-state index in [-0.39, 0.29) is 0 Å². The minimum atomic E-state index is 0.298. The fourth-order valence-electron chi connectivity index (χ4n) is 3.45. The van der Waals surface area contributed by atoms with Crippen molar-refractivity contribution in [3.8, 4) is 0 Å². The molecule has 3 nitrogen and oxygen atoms in total. The van der Waals surface area contributed by atoms with Crippen LogP contribution in [0.3, 0.4) is 0 Å². The maximum atomic E-state index is 5.46. The lowest BCUT2D eigenvalue weighted by Gasteiger charge is -2.32. The van der Waals surface area contributed by atoms with Gasteiger partial charge in [0.25, 0.3) is 0 Å². The number of hydrogen-bond acceptors (Lipinski definition) is 3. The molecule has 1 N–H and O–H groups in total. The van der Waals surface area contributed by atoms with E-state index in [9.17, 15) is 0 Å². The van der Waals surface area contributed by atoms with Gasteiger partial charge in [-0.3, -0.25) is 4.99 Å². The summed E-state index contributed by atoms with van der Waals surface area (Å²) in [7, 11) is 0. The molecule has 4 heteroatoms. The molecule has 3 rings (SSSR count). The van der Waals surface area contributed by atoms with Crippen LogP contribution in [0.25, 0.3) is 0 Å². The zero-order valence-electron chi connectivity index (χ0n) is 11.8. The molecule has 19 heavy (non-hydrogen) atoms. The number of aliphatic imine (C=N–C) groups is 1. The van der Waals surface area contributed by atoms with Gasteiger partial charge in [0, 0.05) is 25.5 Å². The minimum absolute atomic E-state index is 0.298. The predicted molar refractivity (Wildman–Crippen MR) is 81.9 cm³/mol. The maximum absolute atomic E-state index is 5.46. The molecule has 0 aromatic rings. The summed E-state index contributed by atoms with van der Waals surface area (Å²) in [6.45, 7) is 2.83. The highest BCUT2D eigenvalue weighted by Crippen LogP contribution is 2.32. The van der Waals surface area contributed by atoms with Gasteiger partial charge < -0.3 is 10.1 Å². The summed E-state index contributed by atoms with van der Waals surface area (Å²) in [4.78, 5) is 4.79. The van der Waals surface area contributed by atoms with Crippen LogP contribution in [0.2, 0.25) is 0 Å². The zero-order valence-corrected chi connectivity index (χ0v) is 12.6. The third-order valence-corrected chi connectivity index (χ3v) is 6.03. The van der Waals surface area contributed by atoms with E-state index < -0.39 is 0 Å². The second-order valence-electron chi connectivity index (χ2n) is 6.29. The van der Waals surface area contributed by atoms with Gasteiger partial charge in [0.05, 0.1) is 5.54 Å². The summed E-state index contributed by atoms with van der Waals surface area (Å²) in [6, 6.07) is 0. The molecule has 1 saturated carbocycles. The van der Waals surface area contributed by atoms with Gasteiger partial charge in [-0.2, -0.15) is 0 Å². The summed E-state index contributed by atoms with van der Waals surface area (Å²) in [5.41, 5.74) is 0.298. The van der Waals surface area contributed by atoms with E-state index in [0.29, 0.717) is 5.54 Å². The Bertz CT molecular complexity index is 320. The molecule has 3 fully saturated rings. The Morgan fingerprint density at radius 1 is 1.21 bits per heavy atom. The molecule has 0 radical (unpaired) electrons. The fourth-order valence-corrected chi connectivity index (χ4v) is 4.69. The number of nitrogens with zero attached hydrogens (tertiary/aromatic N) is 1. The van der Waals surface area contributed by atoms with Crippen LogP contribution in [0.15, 0.2) is 4.99 Å². The number of nitrogens with one attached hydrogen (secondary N) is 1. The number of thioether (sulfide) groups is 1. The smallest absolute Gasteiger partial charge is 0.157 e. The van der Waals surface area contributed by atoms with Gasteiger partial charge in [0.15, 0.2) is 5.17 Å². The molecule has 0 aromatic carbocycles. The van der Waals surface area contributed by atoms with Crippen molar-refractivity contribution in [1.82, 2.24) is 5.32 Å². The Morgan fingerprint density at radius 2 is 2.00 bits per heavy atom. The topological polar surface area (TPSA) is 33.6 Å². The van der Waals surface area contributed by atoms with Crippen LogP contribution in [0.4, 0.5) is 0 Å². The molecular formula is C15H26N2OS. The molecule has 2 heterocycles. The molecule has 0 aromatic heterocycles. The Morgan fingerprint density at radius 3 is 2.79 bits per heavy atom. The number of hydrogen-bond donors (Lipinski definition) is 1. The zero-order chi connectivity index (χ0) is 13.0. The van der Waals surface area contributed by atoms with E-state index in [2.05, 4.69) is 5.32 Å². The summed E-state index contributed by atoms with van der Waals surface area (Å²) in [6.07, 6.45) is 10.8. The average molecular weight is 282 g/mol. The fraction of sp³-hybridized carbons (Fsp3) is 0.933. The molecule has 0 atom stereocenters. The summed E-state index contributed by atoms with van der Waals surface area (Å²) in [5.74, 6) is 2.13. The lowest BCUT2D eigenvalue weighted by Crippen LogP contribution is -2.48. The molecule has 108 valence electrons. The van der Waals surface area contributed by atoms with Crippen LogP contribution in [0.5, 0.6) is 0 Å². The monoisotopic (exact) mass is 282 g/mol.